The van der Waals surface area contributed by atoms with Gasteiger partial charge in [-0.05, 0) is 29.9 Å². The van der Waals surface area contributed by atoms with Crippen LogP contribution in [0.2, 0.25) is 0 Å². The van der Waals surface area contributed by atoms with Gasteiger partial charge < -0.3 is 0 Å². The molecule has 0 radical (unpaired) electrons. The smallest absolute Gasteiger partial charge is 0.152 e. The van der Waals surface area contributed by atoms with Gasteiger partial charge in [0.05, 0.1) is 0 Å². The molecule has 2 aromatic heterocycles. The minimum atomic E-state index is 0.497. The molecule has 2 heterocycles. The van der Waals surface area contributed by atoms with Crippen LogP contribution in [-0.2, 0) is 0 Å². The summed E-state index contributed by atoms with van der Waals surface area (Å²) in [4.78, 5) is 0. The van der Waals surface area contributed by atoms with Crippen molar-refractivity contribution in [1.29, 1.82) is 0 Å². The monoisotopic (exact) mass is 262 g/mol. The molecule has 0 spiro atoms. The average Bonchev–Trinajstić information content (AvgIpc) is 2.90. The zero-order valence-corrected chi connectivity index (χ0v) is 10.8. The maximum Gasteiger partial charge on any atom is 0.204 e. The van der Waals surface area contributed by atoms with E-state index in [1.54, 1.807) is 22.8 Å². The van der Waals surface area contributed by atoms with Crippen molar-refractivity contribution in [3.05, 3.63) is 40.2 Å². The zero-order valence-electron chi connectivity index (χ0n) is 9.11. The lowest BCUT2D eigenvalue weighted by Crippen LogP contribution is -2.00. The Morgan fingerprint density at radius 2 is 2.06 bits per heavy atom. The van der Waals surface area contributed by atoms with Crippen molar-refractivity contribution < 1.29 is 0 Å². The van der Waals surface area contributed by atoms with Crippen LogP contribution in [0.5, 0.6) is 0 Å². The van der Waals surface area contributed by atoms with Crippen molar-refractivity contribution in [1.82, 2.24) is 20.4 Å². The van der Waals surface area contributed by atoms with E-state index in [0.29, 0.717) is 11.6 Å². The number of rotatable bonds is 3. The molecule has 0 saturated heterocycles. The van der Waals surface area contributed by atoms with Crippen LogP contribution >= 0.6 is 24.0 Å². The molecule has 0 fully saturated rings. The summed E-state index contributed by atoms with van der Waals surface area (Å²) >= 11 is 5.61. The van der Waals surface area contributed by atoms with Crippen molar-refractivity contribution in [3.63, 3.8) is 0 Å². The molecule has 0 aliphatic rings. The van der Waals surface area contributed by atoms with Gasteiger partial charge in [0.15, 0.2) is 0 Å². The van der Waals surface area contributed by atoms with Crippen molar-refractivity contribution in [2.45, 2.75) is 6.92 Å². The number of hydrogen-bond donors (Lipinski definition) is 1. The lowest BCUT2D eigenvalue weighted by molar-refractivity contribution is 0.846. The lowest BCUT2D eigenvalue weighted by Gasteiger charge is -1.98. The minimum absolute atomic E-state index is 0.497. The van der Waals surface area contributed by atoms with Crippen LogP contribution in [-0.4, -0.2) is 20.4 Å². The van der Waals surface area contributed by atoms with Gasteiger partial charge in [0, 0.05) is 16.5 Å². The first kappa shape index (κ1) is 11.9. The average molecular weight is 262 g/mol. The molecule has 2 aromatic rings. The Hall–Kier alpha value is -1.53. The molecule has 0 saturated carbocycles. The molecule has 0 aliphatic heterocycles. The first-order chi connectivity index (χ1) is 8.35. The maximum atomic E-state index is 4.06. The van der Waals surface area contributed by atoms with Crippen LogP contribution in [0.4, 0.5) is 0 Å². The van der Waals surface area contributed by atoms with E-state index >= 15 is 0 Å². The van der Waals surface area contributed by atoms with Crippen molar-refractivity contribution >= 4 is 29.5 Å². The highest BCUT2D eigenvalue weighted by Crippen LogP contribution is 2.17. The molecule has 0 aromatic carbocycles. The van der Waals surface area contributed by atoms with Gasteiger partial charge in [0.1, 0.15) is 0 Å². The van der Waals surface area contributed by atoms with E-state index in [0.717, 1.165) is 11.1 Å². The van der Waals surface area contributed by atoms with E-state index in [2.05, 4.69) is 33.0 Å². The molecular weight excluding hydrogens is 252 g/mol. The SMILES string of the molecule is C/C=C(\C=C/S)c1nnc(-c2ccsc2)nn1. The van der Waals surface area contributed by atoms with Gasteiger partial charge in [-0.25, -0.2) is 0 Å². The van der Waals surface area contributed by atoms with Crippen LogP contribution in [0.1, 0.15) is 12.7 Å². The summed E-state index contributed by atoms with van der Waals surface area (Å²) in [7, 11) is 0. The molecule has 4 nitrogen and oxygen atoms in total. The Morgan fingerprint density at radius 3 is 2.59 bits per heavy atom. The highest BCUT2D eigenvalue weighted by Gasteiger charge is 2.06. The minimum Gasteiger partial charge on any atom is -0.152 e. The topological polar surface area (TPSA) is 51.6 Å². The van der Waals surface area contributed by atoms with Crippen molar-refractivity contribution in [3.8, 4) is 11.4 Å². The number of allylic oxidation sites excluding steroid dienone is 3. The predicted octanol–water partition coefficient (Wildman–Crippen LogP) is 2.84. The van der Waals surface area contributed by atoms with Gasteiger partial charge in [-0.3, -0.25) is 0 Å². The standard InChI is InChI=1S/C11H10N4S2/c1-2-8(3-5-16)10-12-14-11(15-13-10)9-4-6-17-7-9/h2-7,16H,1H3/b5-3-,8-2+. The fourth-order valence-electron chi connectivity index (χ4n) is 1.23. The Balaban J connectivity index is 2.30. The van der Waals surface area contributed by atoms with Crippen LogP contribution in [0, 0.1) is 0 Å². The number of thiol groups is 1. The van der Waals surface area contributed by atoms with Crippen LogP contribution < -0.4 is 0 Å². The molecule has 86 valence electrons. The van der Waals surface area contributed by atoms with E-state index in [1.807, 2.05) is 29.8 Å². The van der Waals surface area contributed by atoms with Crippen LogP contribution in [0.15, 0.2) is 34.4 Å². The van der Waals surface area contributed by atoms with E-state index in [1.165, 1.54) is 0 Å². The molecule has 0 bridgehead atoms. The number of thiophene rings is 1. The summed E-state index contributed by atoms with van der Waals surface area (Å²) in [6.07, 6.45) is 3.68. The van der Waals surface area contributed by atoms with Gasteiger partial charge in [0.2, 0.25) is 11.6 Å². The van der Waals surface area contributed by atoms with E-state index in [-0.39, 0.29) is 0 Å². The van der Waals surface area contributed by atoms with Crippen LogP contribution in [0.25, 0.3) is 17.0 Å². The summed E-state index contributed by atoms with van der Waals surface area (Å²) in [6, 6.07) is 1.94. The van der Waals surface area contributed by atoms with Crippen molar-refractivity contribution in [2.24, 2.45) is 0 Å². The van der Waals surface area contributed by atoms with Gasteiger partial charge in [-0.2, -0.15) is 24.0 Å². The highest BCUT2D eigenvalue weighted by molar-refractivity contribution is 7.83. The van der Waals surface area contributed by atoms with Gasteiger partial charge in [-0.15, -0.1) is 20.4 Å². The molecule has 6 heteroatoms. The third-order valence-electron chi connectivity index (χ3n) is 2.08. The maximum absolute atomic E-state index is 4.06. The molecule has 0 N–H and O–H groups in total. The molecule has 0 amide bonds. The quantitative estimate of drug-likeness (QED) is 0.682. The van der Waals surface area contributed by atoms with Crippen molar-refractivity contribution in [2.75, 3.05) is 0 Å². The van der Waals surface area contributed by atoms with Gasteiger partial charge in [0.25, 0.3) is 0 Å². The Kier molecular flexibility index (Phi) is 4.00. The third-order valence-corrected chi connectivity index (χ3v) is 2.91. The third kappa shape index (κ3) is 2.78. The Labute approximate surface area is 109 Å². The second-order valence-corrected chi connectivity index (χ2v) is 4.20. The normalized spacial score (nSPS) is 12.2. The largest absolute Gasteiger partial charge is 0.204 e. The van der Waals surface area contributed by atoms with E-state index < -0.39 is 0 Å². The number of hydrogen-bond acceptors (Lipinski definition) is 6. The second-order valence-electron chi connectivity index (χ2n) is 3.12. The fourth-order valence-corrected chi connectivity index (χ4v) is 2.03. The number of nitrogens with zero attached hydrogens (tertiary/aromatic N) is 4. The molecular formula is C11H10N4S2. The Morgan fingerprint density at radius 1 is 1.29 bits per heavy atom. The molecule has 0 aliphatic carbocycles. The molecule has 2 rings (SSSR count). The van der Waals surface area contributed by atoms with E-state index in [9.17, 15) is 0 Å². The summed E-state index contributed by atoms with van der Waals surface area (Å²) in [6.45, 7) is 1.90. The lowest BCUT2D eigenvalue weighted by atomic mass is 10.2. The fraction of sp³-hybridized carbons (Fsp3) is 0.0909. The molecule has 0 unspecified atom stereocenters. The van der Waals surface area contributed by atoms with E-state index in [4.69, 9.17) is 0 Å². The first-order valence-electron chi connectivity index (χ1n) is 4.92. The van der Waals surface area contributed by atoms with Gasteiger partial charge >= 0.3 is 0 Å². The summed E-state index contributed by atoms with van der Waals surface area (Å²) in [5.41, 5.74) is 1.78. The second kappa shape index (κ2) is 5.70. The highest BCUT2D eigenvalue weighted by atomic mass is 32.1. The Bertz CT molecular complexity index is 529. The van der Waals surface area contributed by atoms with Crippen LogP contribution in [0.3, 0.4) is 0 Å². The first-order valence-corrected chi connectivity index (χ1v) is 6.38. The predicted molar refractivity (Wildman–Crippen MR) is 72.7 cm³/mol. The summed E-state index contributed by atoms with van der Waals surface area (Å²) in [5.74, 6) is 1.04. The zero-order chi connectivity index (χ0) is 12.1. The summed E-state index contributed by atoms with van der Waals surface area (Å²) < 4.78 is 0. The molecule has 17 heavy (non-hydrogen) atoms. The molecule has 0 atom stereocenters. The number of aromatic nitrogens is 4. The van der Waals surface area contributed by atoms with Gasteiger partial charge in [-0.1, -0.05) is 6.08 Å². The summed E-state index contributed by atoms with van der Waals surface area (Å²) in [5, 5.41) is 21.8.